The fourth-order valence-electron chi connectivity index (χ4n) is 2.73. The van der Waals surface area contributed by atoms with E-state index in [4.69, 9.17) is 9.47 Å². The van der Waals surface area contributed by atoms with Crippen molar-refractivity contribution < 1.29 is 19.1 Å². The van der Waals surface area contributed by atoms with Crippen molar-refractivity contribution >= 4 is 18.0 Å². The third kappa shape index (κ3) is 6.21. The molecule has 7 nitrogen and oxygen atoms in total. The molecule has 1 fully saturated rings. The molecule has 0 bridgehead atoms. The first kappa shape index (κ1) is 19.6. The van der Waals surface area contributed by atoms with Crippen molar-refractivity contribution in [2.24, 2.45) is 5.10 Å². The first-order valence-corrected chi connectivity index (χ1v) is 9.20. The van der Waals surface area contributed by atoms with E-state index < -0.39 is 11.8 Å². The number of ether oxygens (including phenoxy) is 2. The van der Waals surface area contributed by atoms with Crippen LogP contribution in [-0.2, 0) is 20.9 Å². The van der Waals surface area contributed by atoms with Crippen LogP contribution in [0.2, 0.25) is 0 Å². The van der Waals surface area contributed by atoms with Crippen molar-refractivity contribution in [1.29, 1.82) is 0 Å². The molecule has 2 aromatic rings. The number of hydrogen-bond donors (Lipinski definition) is 2. The van der Waals surface area contributed by atoms with E-state index in [-0.39, 0.29) is 6.10 Å². The molecular formula is C21H23N3O4. The van der Waals surface area contributed by atoms with E-state index in [9.17, 15) is 9.59 Å². The van der Waals surface area contributed by atoms with Crippen LogP contribution in [0.1, 0.15) is 24.0 Å². The summed E-state index contributed by atoms with van der Waals surface area (Å²) in [6.07, 6.45) is 3.31. The van der Waals surface area contributed by atoms with Crippen molar-refractivity contribution in [3.05, 3.63) is 65.7 Å². The van der Waals surface area contributed by atoms with Crippen molar-refractivity contribution in [1.82, 2.24) is 10.7 Å². The molecule has 0 radical (unpaired) electrons. The van der Waals surface area contributed by atoms with Gasteiger partial charge in [0.05, 0.1) is 12.3 Å². The summed E-state index contributed by atoms with van der Waals surface area (Å²) in [5.74, 6) is -0.855. The van der Waals surface area contributed by atoms with Crippen molar-refractivity contribution in [3.63, 3.8) is 0 Å². The molecule has 2 aromatic carbocycles. The van der Waals surface area contributed by atoms with Crippen LogP contribution in [0.5, 0.6) is 5.75 Å². The van der Waals surface area contributed by atoms with Crippen LogP contribution in [0.15, 0.2) is 59.7 Å². The Morgan fingerprint density at radius 2 is 2.00 bits per heavy atom. The van der Waals surface area contributed by atoms with Gasteiger partial charge in [-0.15, -0.1) is 0 Å². The smallest absolute Gasteiger partial charge is 0.329 e. The molecule has 2 N–H and O–H groups in total. The molecule has 146 valence electrons. The third-order valence-electron chi connectivity index (χ3n) is 4.21. The maximum absolute atomic E-state index is 11.8. The highest BCUT2D eigenvalue weighted by Crippen LogP contribution is 2.14. The van der Waals surface area contributed by atoms with Gasteiger partial charge in [-0.1, -0.05) is 42.5 Å². The maximum Gasteiger partial charge on any atom is 0.329 e. The minimum Gasteiger partial charge on any atom is -0.489 e. The van der Waals surface area contributed by atoms with Gasteiger partial charge in [0.2, 0.25) is 0 Å². The van der Waals surface area contributed by atoms with Gasteiger partial charge in [-0.3, -0.25) is 9.59 Å². The lowest BCUT2D eigenvalue weighted by Gasteiger charge is -2.09. The quantitative estimate of drug-likeness (QED) is 0.436. The van der Waals surface area contributed by atoms with E-state index in [0.29, 0.717) is 25.5 Å². The van der Waals surface area contributed by atoms with Crippen LogP contribution in [0.25, 0.3) is 0 Å². The Bertz CT molecular complexity index is 817. The maximum atomic E-state index is 11.8. The minimum atomic E-state index is -0.814. The highest BCUT2D eigenvalue weighted by atomic mass is 16.5. The number of carbonyl (C=O) groups is 2. The predicted molar refractivity (Wildman–Crippen MR) is 105 cm³/mol. The zero-order valence-corrected chi connectivity index (χ0v) is 15.5. The summed E-state index contributed by atoms with van der Waals surface area (Å²) in [5.41, 5.74) is 4.03. The van der Waals surface area contributed by atoms with Crippen molar-refractivity contribution in [2.75, 3.05) is 13.2 Å². The molecule has 0 aromatic heterocycles. The molecule has 0 saturated carbocycles. The van der Waals surface area contributed by atoms with Gasteiger partial charge < -0.3 is 14.8 Å². The van der Waals surface area contributed by atoms with Gasteiger partial charge in [-0.05, 0) is 36.1 Å². The molecule has 1 aliphatic heterocycles. The average molecular weight is 381 g/mol. The van der Waals surface area contributed by atoms with Crippen molar-refractivity contribution in [3.8, 4) is 5.75 Å². The Morgan fingerprint density at radius 1 is 1.14 bits per heavy atom. The summed E-state index contributed by atoms with van der Waals surface area (Å²) in [5, 5.41) is 6.37. The summed E-state index contributed by atoms with van der Waals surface area (Å²) < 4.78 is 11.1. The second kappa shape index (κ2) is 10.2. The Labute approximate surface area is 163 Å². The average Bonchev–Trinajstić information content (AvgIpc) is 3.25. The zero-order valence-electron chi connectivity index (χ0n) is 15.5. The molecule has 1 heterocycles. The largest absolute Gasteiger partial charge is 0.489 e. The Kier molecular flexibility index (Phi) is 7.14. The summed E-state index contributed by atoms with van der Waals surface area (Å²) in [6.45, 7) is 1.49. The normalized spacial score (nSPS) is 16.1. The van der Waals surface area contributed by atoms with E-state index >= 15 is 0 Å². The summed E-state index contributed by atoms with van der Waals surface area (Å²) >= 11 is 0. The zero-order chi connectivity index (χ0) is 19.6. The molecule has 1 atom stereocenters. The fraction of sp³-hybridized carbons (Fsp3) is 0.286. The predicted octanol–water partition coefficient (Wildman–Crippen LogP) is 2.01. The van der Waals surface area contributed by atoms with E-state index in [1.807, 2.05) is 48.5 Å². The van der Waals surface area contributed by atoms with E-state index in [1.165, 1.54) is 6.21 Å². The second-order valence-corrected chi connectivity index (χ2v) is 6.39. The molecule has 1 aliphatic rings. The number of benzene rings is 2. The third-order valence-corrected chi connectivity index (χ3v) is 4.21. The number of hydrazone groups is 1. The highest BCUT2D eigenvalue weighted by molar-refractivity contribution is 6.35. The monoisotopic (exact) mass is 381 g/mol. The van der Waals surface area contributed by atoms with Gasteiger partial charge in [0, 0.05) is 13.2 Å². The highest BCUT2D eigenvalue weighted by Gasteiger charge is 2.18. The topological polar surface area (TPSA) is 89.0 Å². The first-order chi connectivity index (χ1) is 13.7. The van der Waals surface area contributed by atoms with Crippen LogP contribution in [-0.4, -0.2) is 37.3 Å². The molecule has 0 spiro atoms. The molecular weight excluding hydrogens is 358 g/mol. The standard InChI is InChI=1S/C21H23N3O4/c25-20(22-14-19-10-5-11-27-19)21(26)24-23-13-17-8-4-9-18(12-17)28-15-16-6-2-1-3-7-16/h1-4,6-9,12-13,19H,5,10-11,14-15H2,(H,22,25)(H,24,26)/b23-13-/t19-/m1/s1. The Balaban J connectivity index is 1.44. The van der Waals surface area contributed by atoms with Gasteiger partial charge in [0.1, 0.15) is 12.4 Å². The number of amides is 2. The Morgan fingerprint density at radius 3 is 2.79 bits per heavy atom. The van der Waals surface area contributed by atoms with Crippen LogP contribution in [0.3, 0.4) is 0 Å². The Hall–Kier alpha value is -3.19. The number of nitrogens with zero attached hydrogens (tertiary/aromatic N) is 1. The SMILES string of the molecule is O=C(NC[C@H]1CCCO1)C(=O)N/N=C\c1cccc(OCc2ccccc2)c1. The van der Waals surface area contributed by atoms with Gasteiger partial charge >= 0.3 is 11.8 Å². The number of hydrogen-bond acceptors (Lipinski definition) is 5. The first-order valence-electron chi connectivity index (χ1n) is 9.20. The molecule has 7 heteroatoms. The molecule has 0 aliphatic carbocycles. The number of carbonyl (C=O) groups excluding carboxylic acids is 2. The lowest BCUT2D eigenvalue weighted by atomic mass is 10.2. The second-order valence-electron chi connectivity index (χ2n) is 6.39. The summed E-state index contributed by atoms with van der Waals surface area (Å²) in [7, 11) is 0. The van der Waals surface area contributed by atoms with Gasteiger partial charge in [0.25, 0.3) is 0 Å². The lowest BCUT2D eigenvalue weighted by molar-refractivity contribution is -0.139. The molecule has 2 amide bonds. The van der Waals surface area contributed by atoms with Crippen molar-refractivity contribution in [2.45, 2.75) is 25.6 Å². The van der Waals surface area contributed by atoms with Crippen LogP contribution in [0.4, 0.5) is 0 Å². The van der Waals surface area contributed by atoms with Crippen LogP contribution < -0.4 is 15.5 Å². The molecule has 1 saturated heterocycles. The van der Waals surface area contributed by atoms with Gasteiger partial charge in [0.15, 0.2) is 0 Å². The van der Waals surface area contributed by atoms with E-state index in [0.717, 1.165) is 24.0 Å². The van der Waals surface area contributed by atoms with E-state index in [2.05, 4.69) is 15.8 Å². The fourth-order valence-corrected chi connectivity index (χ4v) is 2.73. The molecule has 28 heavy (non-hydrogen) atoms. The molecule has 3 rings (SSSR count). The molecule has 0 unspecified atom stereocenters. The van der Waals surface area contributed by atoms with Gasteiger partial charge in [-0.2, -0.15) is 5.10 Å². The summed E-state index contributed by atoms with van der Waals surface area (Å²) in [4.78, 5) is 23.5. The lowest BCUT2D eigenvalue weighted by Crippen LogP contribution is -2.41. The van der Waals surface area contributed by atoms with Crippen LogP contribution in [0, 0.1) is 0 Å². The summed E-state index contributed by atoms with van der Waals surface area (Å²) in [6, 6.07) is 17.2. The van der Waals surface area contributed by atoms with Gasteiger partial charge in [-0.25, -0.2) is 5.43 Å². The number of nitrogens with one attached hydrogen (secondary N) is 2. The number of rotatable bonds is 7. The minimum absolute atomic E-state index is 0.0149. The van der Waals surface area contributed by atoms with E-state index in [1.54, 1.807) is 6.07 Å². The van der Waals surface area contributed by atoms with Crippen LogP contribution >= 0.6 is 0 Å².